The van der Waals surface area contributed by atoms with E-state index in [1.54, 1.807) is 37.3 Å². The van der Waals surface area contributed by atoms with Gasteiger partial charge in [0.25, 0.3) is 5.91 Å². The summed E-state index contributed by atoms with van der Waals surface area (Å²) in [7, 11) is 3.36. The zero-order valence-electron chi connectivity index (χ0n) is 30.2. The average molecular weight is 730 g/mol. The molecule has 3 N–H and O–H groups in total. The lowest BCUT2D eigenvalue weighted by molar-refractivity contribution is -0.139. The zero-order chi connectivity index (χ0) is 36.8. The molecule has 3 amide bonds. The van der Waals surface area contributed by atoms with Gasteiger partial charge < -0.3 is 34.3 Å². The van der Waals surface area contributed by atoms with Crippen molar-refractivity contribution in [3.8, 4) is 11.5 Å². The summed E-state index contributed by atoms with van der Waals surface area (Å²) in [6.07, 6.45) is 2.56. The highest BCUT2D eigenvalue weighted by atomic mass is 35.5. The Morgan fingerprint density at radius 2 is 1.75 bits per heavy atom. The van der Waals surface area contributed by atoms with Gasteiger partial charge in [-0.15, -0.1) is 0 Å². The molecule has 3 unspecified atom stereocenters. The Morgan fingerprint density at radius 1 is 0.962 bits per heavy atom. The Balaban J connectivity index is 1.24. The van der Waals surface area contributed by atoms with Crippen LogP contribution in [0.3, 0.4) is 0 Å². The molecule has 3 heterocycles. The van der Waals surface area contributed by atoms with E-state index < -0.39 is 5.92 Å². The summed E-state index contributed by atoms with van der Waals surface area (Å²) in [5.41, 5.74) is 3.29. The Kier molecular flexibility index (Phi) is 12.0. The highest BCUT2D eigenvalue weighted by molar-refractivity contribution is 6.31. The molecule has 0 spiro atoms. The molecule has 1 aromatic heterocycles. The molecular weight excluding hydrogens is 682 g/mol. The molecule has 0 saturated carbocycles. The number of hydrogen-bond acceptors (Lipinski definition) is 7. The highest BCUT2D eigenvalue weighted by Crippen LogP contribution is 2.38. The van der Waals surface area contributed by atoms with Crippen LogP contribution in [0.4, 0.5) is 0 Å². The van der Waals surface area contributed by atoms with Crippen LogP contribution in [0.15, 0.2) is 72.9 Å². The molecule has 2 aliphatic heterocycles. The van der Waals surface area contributed by atoms with E-state index in [1.807, 2.05) is 73.5 Å². The Hall–Kier alpha value is -4.58. The van der Waals surface area contributed by atoms with Crippen molar-refractivity contribution >= 4 is 40.2 Å². The lowest BCUT2D eigenvalue weighted by Gasteiger charge is -2.40. The van der Waals surface area contributed by atoms with Gasteiger partial charge in [0.2, 0.25) is 11.8 Å². The molecular formula is C40H48ClN5O6. The van der Waals surface area contributed by atoms with Gasteiger partial charge in [-0.2, -0.15) is 0 Å². The first-order valence-corrected chi connectivity index (χ1v) is 18.2. The summed E-state index contributed by atoms with van der Waals surface area (Å²) in [4.78, 5) is 49.2. The molecule has 4 atom stereocenters. The summed E-state index contributed by atoms with van der Waals surface area (Å²) >= 11 is 6.20. The normalized spacial score (nSPS) is 19.1. The molecule has 12 heteroatoms. The van der Waals surface area contributed by atoms with Gasteiger partial charge >= 0.3 is 0 Å². The van der Waals surface area contributed by atoms with Crippen molar-refractivity contribution < 1.29 is 28.6 Å². The van der Waals surface area contributed by atoms with E-state index in [9.17, 15) is 14.4 Å². The molecule has 0 bridgehead atoms. The van der Waals surface area contributed by atoms with Crippen LogP contribution in [0, 0.1) is 17.8 Å². The Labute approximate surface area is 309 Å². The van der Waals surface area contributed by atoms with Gasteiger partial charge in [0.15, 0.2) is 11.5 Å². The van der Waals surface area contributed by atoms with Crippen LogP contribution in [0.5, 0.6) is 11.5 Å². The molecule has 4 aromatic rings. The SMILES string of the molecule is CNCOC[C@H](Cc1ccccc1)NC(=O)C1CN(C(=O)Cc2c[nH]c3cc(Cl)ccc23)CC2CN(C(=O)c3ccc(OC(C)C)c(OC)c3)CC21. The van der Waals surface area contributed by atoms with E-state index in [4.69, 9.17) is 25.8 Å². The van der Waals surface area contributed by atoms with Crippen LogP contribution < -0.4 is 20.1 Å². The minimum absolute atomic E-state index is 0.0532. The van der Waals surface area contributed by atoms with Gasteiger partial charge in [-0.3, -0.25) is 19.7 Å². The molecule has 2 saturated heterocycles. The van der Waals surface area contributed by atoms with Gasteiger partial charge in [-0.1, -0.05) is 48.0 Å². The summed E-state index contributed by atoms with van der Waals surface area (Å²) in [5.74, 6) is -0.0642. The molecule has 2 fully saturated rings. The number of aromatic amines is 1. The molecule has 6 rings (SSSR count). The quantitative estimate of drug-likeness (QED) is 0.124. The summed E-state index contributed by atoms with van der Waals surface area (Å²) < 4.78 is 17.2. The predicted octanol–water partition coefficient (Wildman–Crippen LogP) is 4.93. The maximum absolute atomic E-state index is 14.3. The van der Waals surface area contributed by atoms with Crippen LogP contribution in [0.1, 0.15) is 35.3 Å². The maximum atomic E-state index is 14.3. The van der Waals surface area contributed by atoms with E-state index in [0.29, 0.717) is 61.5 Å². The van der Waals surface area contributed by atoms with Crippen LogP contribution in [-0.4, -0.2) is 98.3 Å². The molecule has 276 valence electrons. The molecule has 3 aromatic carbocycles. The number of amides is 3. The van der Waals surface area contributed by atoms with Crippen molar-refractivity contribution in [2.24, 2.45) is 17.8 Å². The van der Waals surface area contributed by atoms with Crippen LogP contribution >= 0.6 is 11.6 Å². The summed E-state index contributed by atoms with van der Waals surface area (Å²) in [5, 5.41) is 7.81. The van der Waals surface area contributed by atoms with Crippen molar-refractivity contribution in [1.82, 2.24) is 25.4 Å². The number of carbonyl (C=O) groups is 3. The van der Waals surface area contributed by atoms with E-state index in [0.717, 1.165) is 22.0 Å². The number of methoxy groups -OCH3 is 1. The van der Waals surface area contributed by atoms with Crippen molar-refractivity contribution in [3.63, 3.8) is 0 Å². The number of benzene rings is 3. The number of hydrogen-bond donors (Lipinski definition) is 3. The van der Waals surface area contributed by atoms with Gasteiger partial charge in [0.1, 0.15) is 0 Å². The van der Waals surface area contributed by atoms with Gasteiger partial charge in [-0.25, -0.2) is 0 Å². The third-order valence-corrected chi connectivity index (χ3v) is 10.2. The number of piperidine rings is 1. The third kappa shape index (κ3) is 8.71. The van der Waals surface area contributed by atoms with Crippen LogP contribution in [0.25, 0.3) is 10.9 Å². The van der Waals surface area contributed by atoms with E-state index in [1.165, 1.54) is 0 Å². The summed E-state index contributed by atoms with van der Waals surface area (Å²) in [6.45, 7) is 6.07. The van der Waals surface area contributed by atoms with E-state index in [2.05, 4.69) is 15.6 Å². The first kappa shape index (κ1) is 37.2. The standard InChI is InChI=1S/C40H48ClN5O6/c1-25(2)52-36-13-10-27(15-37(36)50-4)40(49)46-20-29-19-45(38(47)16-28-18-43-35-17-30(41)11-12-32(28)35)22-34(33(29)21-46)39(48)44-31(23-51-24-42-3)14-26-8-6-5-7-9-26/h5-13,15,17-18,25,29,31,33-34,42-43H,14,16,19-24H2,1-4H3,(H,44,48)/t29?,31-,33?,34?/m0/s1. The lowest BCUT2D eigenvalue weighted by atomic mass is 9.79. The predicted molar refractivity (Wildman–Crippen MR) is 201 cm³/mol. The fourth-order valence-electron chi connectivity index (χ4n) is 7.50. The number of fused-ring (bicyclic) bond motifs is 2. The van der Waals surface area contributed by atoms with Gasteiger partial charge in [-0.05, 0) is 80.6 Å². The first-order chi connectivity index (χ1) is 25.1. The number of rotatable bonds is 14. The second kappa shape index (κ2) is 16.8. The van der Waals surface area contributed by atoms with Crippen molar-refractivity contribution in [2.75, 3.05) is 53.7 Å². The third-order valence-electron chi connectivity index (χ3n) is 9.94. The van der Waals surface area contributed by atoms with E-state index >= 15 is 0 Å². The topological polar surface area (TPSA) is 125 Å². The Bertz CT molecular complexity index is 1870. The number of ether oxygens (including phenoxy) is 3. The number of aromatic nitrogens is 1. The molecule has 2 aliphatic rings. The number of likely N-dealkylation sites (tertiary alicyclic amines) is 2. The minimum atomic E-state index is -0.527. The largest absolute Gasteiger partial charge is 0.493 e. The minimum Gasteiger partial charge on any atom is -0.493 e. The van der Waals surface area contributed by atoms with Crippen molar-refractivity contribution in [3.05, 3.63) is 94.6 Å². The zero-order valence-corrected chi connectivity index (χ0v) is 30.9. The van der Waals surface area contributed by atoms with E-state index in [-0.39, 0.29) is 54.7 Å². The van der Waals surface area contributed by atoms with Crippen LogP contribution in [-0.2, 0) is 27.2 Å². The highest BCUT2D eigenvalue weighted by Gasteiger charge is 2.48. The smallest absolute Gasteiger partial charge is 0.254 e. The average Bonchev–Trinajstić information content (AvgIpc) is 3.75. The van der Waals surface area contributed by atoms with Crippen LogP contribution in [0.2, 0.25) is 5.02 Å². The molecule has 11 nitrogen and oxygen atoms in total. The second-order valence-electron chi connectivity index (χ2n) is 14.0. The fourth-order valence-corrected chi connectivity index (χ4v) is 7.67. The maximum Gasteiger partial charge on any atom is 0.254 e. The monoisotopic (exact) mass is 729 g/mol. The lowest BCUT2D eigenvalue weighted by Crippen LogP contribution is -2.55. The summed E-state index contributed by atoms with van der Waals surface area (Å²) in [6, 6.07) is 20.5. The Morgan fingerprint density at radius 3 is 2.50 bits per heavy atom. The van der Waals surface area contributed by atoms with Gasteiger partial charge in [0.05, 0.1) is 44.9 Å². The number of nitrogens with one attached hydrogen (secondary N) is 3. The van der Waals surface area contributed by atoms with Gasteiger partial charge in [0, 0.05) is 53.9 Å². The molecule has 52 heavy (non-hydrogen) atoms. The fraction of sp³-hybridized carbons (Fsp3) is 0.425. The molecule has 0 radical (unpaired) electrons. The number of halogens is 1. The first-order valence-electron chi connectivity index (χ1n) is 17.9. The van der Waals surface area contributed by atoms with Crippen molar-refractivity contribution in [1.29, 1.82) is 0 Å². The number of H-pyrrole nitrogens is 1. The second-order valence-corrected chi connectivity index (χ2v) is 14.5. The number of carbonyl (C=O) groups excluding carboxylic acids is 3. The number of nitrogens with zero attached hydrogens (tertiary/aromatic N) is 2. The van der Waals surface area contributed by atoms with Crippen molar-refractivity contribution in [2.45, 2.75) is 38.8 Å². The molecule has 0 aliphatic carbocycles.